The van der Waals surface area contributed by atoms with Gasteiger partial charge in [-0.2, -0.15) is 0 Å². The summed E-state index contributed by atoms with van der Waals surface area (Å²) in [5.74, 6) is 0.504. The molecule has 0 aromatic rings. The second-order valence-corrected chi connectivity index (χ2v) is 4.99. The van der Waals surface area contributed by atoms with Gasteiger partial charge in [-0.15, -0.1) is 0 Å². The van der Waals surface area contributed by atoms with Gasteiger partial charge in [0.2, 0.25) is 0 Å². The van der Waals surface area contributed by atoms with E-state index >= 15 is 0 Å². The van der Waals surface area contributed by atoms with E-state index in [4.69, 9.17) is 14.9 Å². The standard InChI is InChI=1S/C13H26O3/c1-11(4-2-3-9-14)16-13-7-5-12(10-15)6-8-13/h11-15H,2-10H2,1H3/t11?,12-,13-. The van der Waals surface area contributed by atoms with Gasteiger partial charge in [0.05, 0.1) is 12.2 Å². The molecule has 3 nitrogen and oxygen atoms in total. The third-order valence-corrected chi connectivity index (χ3v) is 3.50. The average molecular weight is 230 g/mol. The minimum absolute atomic E-state index is 0.286. The lowest BCUT2D eigenvalue weighted by Crippen LogP contribution is -2.26. The topological polar surface area (TPSA) is 49.7 Å². The number of aliphatic hydroxyl groups is 2. The highest BCUT2D eigenvalue weighted by Gasteiger charge is 2.22. The Morgan fingerprint density at radius 3 is 2.38 bits per heavy atom. The van der Waals surface area contributed by atoms with Crippen molar-refractivity contribution in [2.75, 3.05) is 13.2 Å². The van der Waals surface area contributed by atoms with Crippen LogP contribution in [-0.4, -0.2) is 35.6 Å². The molecule has 2 N–H and O–H groups in total. The third kappa shape index (κ3) is 5.28. The molecule has 0 aromatic carbocycles. The van der Waals surface area contributed by atoms with Gasteiger partial charge in [-0.1, -0.05) is 0 Å². The number of rotatable bonds is 7. The maximum Gasteiger partial charge on any atom is 0.0579 e. The van der Waals surface area contributed by atoms with Gasteiger partial charge in [-0.3, -0.25) is 0 Å². The summed E-state index contributed by atoms with van der Waals surface area (Å²) in [5.41, 5.74) is 0. The molecule has 1 aliphatic carbocycles. The third-order valence-electron chi connectivity index (χ3n) is 3.50. The second-order valence-electron chi connectivity index (χ2n) is 4.99. The van der Waals surface area contributed by atoms with Crippen LogP contribution in [0.15, 0.2) is 0 Å². The fraction of sp³-hybridized carbons (Fsp3) is 1.00. The fourth-order valence-electron chi connectivity index (χ4n) is 2.39. The molecule has 1 saturated carbocycles. The van der Waals surface area contributed by atoms with Crippen molar-refractivity contribution in [2.45, 2.75) is 64.1 Å². The summed E-state index contributed by atoms with van der Waals surface area (Å²) >= 11 is 0. The first kappa shape index (κ1) is 13.9. The van der Waals surface area contributed by atoms with E-state index in [9.17, 15) is 0 Å². The summed E-state index contributed by atoms with van der Waals surface area (Å²) in [4.78, 5) is 0. The number of aliphatic hydroxyl groups excluding tert-OH is 2. The van der Waals surface area contributed by atoms with Crippen LogP contribution >= 0.6 is 0 Å². The van der Waals surface area contributed by atoms with Crippen molar-refractivity contribution in [3.05, 3.63) is 0 Å². The molecule has 1 rings (SSSR count). The average Bonchev–Trinajstić information content (AvgIpc) is 2.30. The molecule has 0 saturated heterocycles. The molecule has 0 aliphatic heterocycles. The molecule has 0 aromatic heterocycles. The van der Waals surface area contributed by atoms with Crippen molar-refractivity contribution < 1.29 is 14.9 Å². The molecule has 16 heavy (non-hydrogen) atoms. The highest BCUT2D eigenvalue weighted by Crippen LogP contribution is 2.27. The van der Waals surface area contributed by atoms with Gasteiger partial charge in [0.1, 0.15) is 0 Å². The van der Waals surface area contributed by atoms with E-state index in [1.165, 1.54) is 0 Å². The van der Waals surface area contributed by atoms with Crippen LogP contribution in [0, 0.1) is 5.92 Å². The molecule has 1 fully saturated rings. The van der Waals surface area contributed by atoms with Gasteiger partial charge in [0.15, 0.2) is 0 Å². The van der Waals surface area contributed by atoms with Crippen molar-refractivity contribution in [2.24, 2.45) is 5.92 Å². The summed E-state index contributed by atoms with van der Waals surface area (Å²) < 4.78 is 5.97. The minimum atomic E-state index is 0.286. The Balaban J connectivity index is 2.08. The minimum Gasteiger partial charge on any atom is -0.396 e. The molecule has 0 radical (unpaired) electrons. The number of hydrogen-bond acceptors (Lipinski definition) is 3. The van der Waals surface area contributed by atoms with Crippen LogP contribution in [0.2, 0.25) is 0 Å². The fourth-order valence-corrected chi connectivity index (χ4v) is 2.39. The Bertz CT molecular complexity index is 165. The number of ether oxygens (including phenoxy) is 1. The van der Waals surface area contributed by atoms with E-state index in [2.05, 4.69) is 6.92 Å². The molecule has 0 heterocycles. The molecule has 96 valence electrons. The largest absolute Gasteiger partial charge is 0.396 e. The van der Waals surface area contributed by atoms with Gasteiger partial charge in [-0.25, -0.2) is 0 Å². The lowest BCUT2D eigenvalue weighted by Gasteiger charge is -2.29. The normalized spacial score (nSPS) is 27.9. The van der Waals surface area contributed by atoms with Crippen LogP contribution in [0.4, 0.5) is 0 Å². The van der Waals surface area contributed by atoms with Crippen molar-refractivity contribution in [3.63, 3.8) is 0 Å². The lowest BCUT2D eigenvalue weighted by atomic mass is 9.88. The predicted octanol–water partition coefficient (Wildman–Crippen LogP) is 2.11. The Hall–Kier alpha value is -0.120. The molecule has 1 unspecified atom stereocenters. The Morgan fingerprint density at radius 1 is 1.12 bits per heavy atom. The SMILES string of the molecule is CC(CCCCO)O[C@H]1CC[C@H](CO)CC1. The molecule has 0 spiro atoms. The van der Waals surface area contributed by atoms with Gasteiger partial charge in [0, 0.05) is 13.2 Å². The first-order valence-electron chi connectivity index (χ1n) is 6.63. The number of unbranched alkanes of at least 4 members (excludes halogenated alkanes) is 1. The van der Waals surface area contributed by atoms with Gasteiger partial charge >= 0.3 is 0 Å². The van der Waals surface area contributed by atoms with Crippen LogP contribution in [-0.2, 0) is 4.74 Å². The summed E-state index contributed by atoms with van der Waals surface area (Å²) in [6, 6.07) is 0. The lowest BCUT2D eigenvalue weighted by molar-refractivity contribution is -0.0358. The van der Waals surface area contributed by atoms with E-state index in [0.717, 1.165) is 44.9 Å². The van der Waals surface area contributed by atoms with E-state index in [1.807, 2.05) is 0 Å². The zero-order valence-electron chi connectivity index (χ0n) is 10.4. The Morgan fingerprint density at radius 2 is 1.81 bits per heavy atom. The Labute approximate surface area is 98.8 Å². The molecule has 3 heteroatoms. The van der Waals surface area contributed by atoms with Crippen molar-refractivity contribution >= 4 is 0 Å². The quantitative estimate of drug-likeness (QED) is 0.659. The highest BCUT2D eigenvalue weighted by molar-refractivity contribution is 4.73. The summed E-state index contributed by atoms with van der Waals surface area (Å²) in [6.45, 7) is 2.74. The smallest absolute Gasteiger partial charge is 0.0579 e. The van der Waals surface area contributed by atoms with Gasteiger partial charge in [0.25, 0.3) is 0 Å². The molecule has 0 bridgehead atoms. The van der Waals surface area contributed by atoms with Crippen LogP contribution in [0.5, 0.6) is 0 Å². The van der Waals surface area contributed by atoms with Gasteiger partial charge in [-0.05, 0) is 57.8 Å². The summed E-state index contributed by atoms with van der Waals surface area (Å²) in [5, 5.41) is 17.7. The van der Waals surface area contributed by atoms with Crippen LogP contribution in [0.1, 0.15) is 51.9 Å². The van der Waals surface area contributed by atoms with Gasteiger partial charge < -0.3 is 14.9 Å². The maximum atomic E-state index is 9.04. The first-order valence-corrected chi connectivity index (χ1v) is 6.63. The summed E-state index contributed by atoms with van der Waals surface area (Å²) in [6.07, 6.45) is 8.06. The Kier molecular flexibility index (Phi) is 7.01. The van der Waals surface area contributed by atoms with E-state index in [-0.39, 0.29) is 6.61 Å². The predicted molar refractivity (Wildman–Crippen MR) is 64.3 cm³/mol. The number of hydrogen-bond donors (Lipinski definition) is 2. The van der Waals surface area contributed by atoms with Crippen LogP contribution in [0.3, 0.4) is 0 Å². The monoisotopic (exact) mass is 230 g/mol. The molecule has 0 amide bonds. The van der Waals surface area contributed by atoms with E-state index < -0.39 is 0 Å². The summed E-state index contributed by atoms with van der Waals surface area (Å²) in [7, 11) is 0. The van der Waals surface area contributed by atoms with Crippen molar-refractivity contribution in [1.29, 1.82) is 0 Å². The van der Waals surface area contributed by atoms with Crippen LogP contribution in [0.25, 0.3) is 0 Å². The molecule has 1 aliphatic rings. The zero-order chi connectivity index (χ0) is 11.8. The van der Waals surface area contributed by atoms with Crippen molar-refractivity contribution in [3.8, 4) is 0 Å². The second kappa shape index (κ2) is 8.04. The first-order chi connectivity index (χ1) is 7.76. The van der Waals surface area contributed by atoms with Crippen molar-refractivity contribution in [1.82, 2.24) is 0 Å². The molecular weight excluding hydrogens is 204 g/mol. The molecular formula is C13H26O3. The van der Waals surface area contributed by atoms with Crippen LogP contribution < -0.4 is 0 Å². The zero-order valence-corrected chi connectivity index (χ0v) is 10.4. The van der Waals surface area contributed by atoms with E-state index in [1.54, 1.807) is 0 Å². The maximum absolute atomic E-state index is 9.04. The highest BCUT2D eigenvalue weighted by atomic mass is 16.5. The van der Waals surface area contributed by atoms with E-state index in [0.29, 0.717) is 24.7 Å². The molecule has 1 atom stereocenters.